The van der Waals surface area contributed by atoms with Gasteiger partial charge in [-0.05, 0) is 71.1 Å². The molecule has 0 aliphatic rings. The number of unbranched alkanes of at least 4 members (excludes halogenated alkanes) is 1. The van der Waals surface area contributed by atoms with Gasteiger partial charge >= 0.3 is 0 Å². The fourth-order valence-corrected chi connectivity index (χ4v) is 2.77. The zero-order valence-corrected chi connectivity index (χ0v) is 15.7. The maximum absolute atomic E-state index is 5.62. The summed E-state index contributed by atoms with van der Waals surface area (Å²) in [6.45, 7) is 4.02. The van der Waals surface area contributed by atoms with Gasteiger partial charge in [-0.2, -0.15) is 0 Å². The van der Waals surface area contributed by atoms with E-state index >= 15 is 0 Å². The van der Waals surface area contributed by atoms with Gasteiger partial charge in [0.25, 0.3) is 0 Å². The highest BCUT2D eigenvalue weighted by atomic mass is 127. The zero-order valence-electron chi connectivity index (χ0n) is 12.8. The van der Waals surface area contributed by atoms with E-state index in [0.29, 0.717) is 0 Å². The molecule has 1 N–H and O–H groups in total. The van der Waals surface area contributed by atoms with E-state index in [0.717, 1.165) is 36.7 Å². The first kappa shape index (κ1) is 17.2. The van der Waals surface area contributed by atoms with Gasteiger partial charge < -0.3 is 10.2 Å². The van der Waals surface area contributed by atoms with Crippen LogP contribution in [0.3, 0.4) is 0 Å². The van der Waals surface area contributed by atoms with E-state index < -0.39 is 0 Å². The van der Waals surface area contributed by atoms with Crippen molar-refractivity contribution >= 4 is 45.6 Å². The third-order valence-corrected chi connectivity index (χ3v) is 4.46. The summed E-state index contributed by atoms with van der Waals surface area (Å²) in [4.78, 5) is 2.24. The van der Waals surface area contributed by atoms with Gasteiger partial charge in [-0.25, -0.2) is 0 Å². The minimum absolute atomic E-state index is 0.790. The van der Waals surface area contributed by atoms with Gasteiger partial charge in [-0.15, -0.1) is 0 Å². The molecule has 22 heavy (non-hydrogen) atoms. The molecule has 2 rings (SSSR count). The fourth-order valence-electron chi connectivity index (χ4n) is 2.14. The minimum atomic E-state index is 0.790. The Morgan fingerprint density at radius 1 is 1.09 bits per heavy atom. The van der Waals surface area contributed by atoms with Crippen molar-refractivity contribution in [2.24, 2.45) is 0 Å². The summed E-state index contributed by atoms with van der Waals surface area (Å²) < 4.78 is 1.22. The lowest BCUT2D eigenvalue weighted by atomic mass is 10.2. The summed E-state index contributed by atoms with van der Waals surface area (Å²) in [5.74, 6) is 0. The van der Waals surface area contributed by atoms with E-state index in [-0.39, 0.29) is 0 Å². The van der Waals surface area contributed by atoms with Crippen molar-refractivity contribution in [2.75, 3.05) is 11.9 Å². The average molecular weight is 424 g/mol. The number of halogens is 1. The summed E-state index contributed by atoms with van der Waals surface area (Å²) in [6, 6.07) is 18.8. The third kappa shape index (κ3) is 5.57. The molecule has 2 nitrogen and oxygen atoms in total. The molecule has 0 saturated heterocycles. The lowest BCUT2D eigenvalue weighted by Crippen LogP contribution is -2.35. The zero-order chi connectivity index (χ0) is 15.8. The van der Waals surface area contributed by atoms with Crippen molar-refractivity contribution in [3.05, 3.63) is 63.7 Å². The molecule has 0 unspecified atom stereocenters. The predicted octanol–water partition coefficient (Wildman–Crippen LogP) is 5.29. The lowest BCUT2D eigenvalue weighted by Gasteiger charge is -2.26. The number of benzene rings is 2. The van der Waals surface area contributed by atoms with Crippen LogP contribution < -0.4 is 5.32 Å². The first-order valence-electron chi connectivity index (χ1n) is 7.54. The Morgan fingerprint density at radius 3 is 2.41 bits per heavy atom. The predicted molar refractivity (Wildman–Crippen MR) is 107 cm³/mol. The number of rotatable bonds is 6. The smallest absolute Gasteiger partial charge is 0.173 e. The Hall–Kier alpha value is -1.14. The highest BCUT2D eigenvalue weighted by molar-refractivity contribution is 14.1. The van der Waals surface area contributed by atoms with E-state index in [1.54, 1.807) is 0 Å². The molecule has 0 fully saturated rings. The summed E-state index contributed by atoms with van der Waals surface area (Å²) in [5, 5.41) is 4.14. The van der Waals surface area contributed by atoms with Crippen molar-refractivity contribution in [1.29, 1.82) is 0 Å². The average Bonchev–Trinajstić information content (AvgIpc) is 2.54. The van der Waals surface area contributed by atoms with E-state index in [1.165, 1.54) is 9.13 Å². The first-order chi connectivity index (χ1) is 10.7. The molecule has 0 heterocycles. The number of hydrogen-bond donors (Lipinski definition) is 1. The summed E-state index contributed by atoms with van der Waals surface area (Å²) in [6.07, 6.45) is 2.30. The van der Waals surface area contributed by atoms with Gasteiger partial charge in [0, 0.05) is 22.3 Å². The summed E-state index contributed by atoms with van der Waals surface area (Å²) in [7, 11) is 0. The monoisotopic (exact) mass is 424 g/mol. The van der Waals surface area contributed by atoms with Crippen LogP contribution in [-0.2, 0) is 6.54 Å². The SMILES string of the molecule is CCCCN(Cc1ccccc1)C(=S)Nc1ccc(I)cc1. The summed E-state index contributed by atoms with van der Waals surface area (Å²) in [5.41, 5.74) is 2.32. The highest BCUT2D eigenvalue weighted by Gasteiger charge is 2.10. The molecule has 2 aromatic rings. The number of nitrogens with one attached hydrogen (secondary N) is 1. The van der Waals surface area contributed by atoms with Crippen molar-refractivity contribution < 1.29 is 0 Å². The lowest BCUT2D eigenvalue weighted by molar-refractivity contribution is 0.408. The van der Waals surface area contributed by atoms with Crippen molar-refractivity contribution in [3.8, 4) is 0 Å². The van der Waals surface area contributed by atoms with Crippen molar-refractivity contribution in [1.82, 2.24) is 4.90 Å². The molecular formula is C18H21IN2S. The maximum atomic E-state index is 5.62. The van der Waals surface area contributed by atoms with Crippen LogP contribution in [0.1, 0.15) is 25.3 Å². The van der Waals surface area contributed by atoms with Crippen molar-refractivity contribution in [3.63, 3.8) is 0 Å². The van der Waals surface area contributed by atoms with Crippen LogP contribution in [0.4, 0.5) is 5.69 Å². The normalized spacial score (nSPS) is 10.3. The molecule has 0 atom stereocenters. The van der Waals surface area contributed by atoms with E-state index in [1.807, 2.05) is 6.07 Å². The largest absolute Gasteiger partial charge is 0.345 e. The van der Waals surface area contributed by atoms with Crippen LogP contribution in [0.25, 0.3) is 0 Å². The van der Waals surface area contributed by atoms with E-state index in [4.69, 9.17) is 12.2 Å². The first-order valence-corrected chi connectivity index (χ1v) is 9.03. The Morgan fingerprint density at radius 2 is 1.77 bits per heavy atom. The molecule has 0 bridgehead atoms. The van der Waals surface area contributed by atoms with Gasteiger partial charge in [0.05, 0.1) is 0 Å². The van der Waals surface area contributed by atoms with E-state index in [2.05, 4.69) is 88.3 Å². The highest BCUT2D eigenvalue weighted by Crippen LogP contribution is 2.13. The standard InChI is InChI=1S/C18H21IN2S/c1-2-3-13-21(14-15-7-5-4-6-8-15)18(22)20-17-11-9-16(19)10-12-17/h4-12H,2-3,13-14H2,1H3,(H,20,22). The molecule has 0 aliphatic heterocycles. The van der Waals surface area contributed by atoms with Crippen LogP contribution >= 0.6 is 34.8 Å². The van der Waals surface area contributed by atoms with Crippen LogP contribution in [0.5, 0.6) is 0 Å². The molecule has 0 amide bonds. The maximum Gasteiger partial charge on any atom is 0.173 e. The van der Waals surface area contributed by atoms with Crippen LogP contribution in [0, 0.1) is 3.57 Å². The molecule has 0 radical (unpaired) electrons. The van der Waals surface area contributed by atoms with Crippen LogP contribution in [-0.4, -0.2) is 16.6 Å². The summed E-state index contributed by atoms with van der Waals surface area (Å²) >= 11 is 7.92. The molecule has 0 saturated carbocycles. The molecule has 0 aromatic heterocycles. The van der Waals surface area contributed by atoms with Gasteiger partial charge in [0.1, 0.15) is 0 Å². The van der Waals surface area contributed by atoms with Gasteiger partial charge in [-0.3, -0.25) is 0 Å². The van der Waals surface area contributed by atoms with E-state index in [9.17, 15) is 0 Å². The molecule has 116 valence electrons. The second kappa shape index (κ2) is 9.10. The molecular weight excluding hydrogens is 403 g/mol. The Kier molecular flexibility index (Phi) is 7.12. The second-order valence-corrected chi connectivity index (χ2v) is 6.83. The van der Waals surface area contributed by atoms with Gasteiger partial charge in [0.2, 0.25) is 0 Å². The number of hydrogen-bond acceptors (Lipinski definition) is 1. The van der Waals surface area contributed by atoms with Crippen LogP contribution in [0.2, 0.25) is 0 Å². The number of anilines is 1. The molecule has 2 aromatic carbocycles. The molecule has 4 heteroatoms. The van der Waals surface area contributed by atoms with Gasteiger partial charge in [0.15, 0.2) is 5.11 Å². The Balaban J connectivity index is 2.03. The second-order valence-electron chi connectivity index (χ2n) is 5.20. The Labute approximate surface area is 152 Å². The minimum Gasteiger partial charge on any atom is -0.345 e. The molecule has 0 spiro atoms. The third-order valence-electron chi connectivity index (χ3n) is 3.38. The Bertz CT molecular complexity index is 584. The quantitative estimate of drug-likeness (QED) is 0.501. The molecule has 0 aliphatic carbocycles. The number of thiocarbonyl (C=S) groups is 1. The van der Waals surface area contributed by atoms with Crippen LogP contribution in [0.15, 0.2) is 54.6 Å². The van der Waals surface area contributed by atoms with Gasteiger partial charge in [-0.1, -0.05) is 43.7 Å². The fraction of sp³-hybridized carbons (Fsp3) is 0.278. The van der Waals surface area contributed by atoms with Crippen molar-refractivity contribution in [2.45, 2.75) is 26.3 Å². The topological polar surface area (TPSA) is 15.3 Å². The number of nitrogens with zero attached hydrogens (tertiary/aromatic N) is 1.